The molecule has 0 atom stereocenters. The van der Waals surface area contributed by atoms with Gasteiger partial charge in [-0.25, -0.2) is 4.79 Å². The fourth-order valence-electron chi connectivity index (χ4n) is 1.31. The molecule has 1 heterocycles. The summed E-state index contributed by atoms with van der Waals surface area (Å²) in [6.07, 6.45) is 3.83. The predicted molar refractivity (Wildman–Crippen MR) is 78.4 cm³/mol. The number of anilines is 1. The van der Waals surface area contributed by atoms with Crippen LogP contribution in [0.1, 0.15) is 5.56 Å². The number of hydrogen-bond donors (Lipinski definition) is 1. The van der Waals surface area contributed by atoms with E-state index in [4.69, 9.17) is 23.2 Å². The van der Waals surface area contributed by atoms with Crippen LogP contribution < -0.4 is 5.32 Å². The molecular formula is C13H9Cl2N3O2. The van der Waals surface area contributed by atoms with Gasteiger partial charge >= 0.3 is 6.09 Å². The number of hydrogen-bond acceptors (Lipinski definition) is 4. The van der Waals surface area contributed by atoms with Crippen LogP contribution in [-0.2, 0) is 4.84 Å². The number of nitrogens with one attached hydrogen (secondary N) is 1. The highest BCUT2D eigenvalue weighted by Crippen LogP contribution is 2.25. The Morgan fingerprint density at radius 2 is 2.00 bits per heavy atom. The molecular weight excluding hydrogens is 301 g/mol. The van der Waals surface area contributed by atoms with Gasteiger partial charge < -0.3 is 0 Å². The quantitative estimate of drug-likeness (QED) is 0.530. The van der Waals surface area contributed by atoms with Crippen LogP contribution in [0.4, 0.5) is 10.5 Å². The molecule has 0 bridgehead atoms. The van der Waals surface area contributed by atoms with Crippen LogP contribution in [0.15, 0.2) is 47.9 Å². The monoisotopic (exact) mass is 309 g/mol. The normalized spacial score (nSPS) is 10.5. The Morgan fingerprint density at radius 1 is 1.25 bits per heavy atom. The van der Waals surface area contributed by atoms with Gasteiger partial charge in [-0.05, 0) is 35.9 Å². The Hall–Kier alpha value is -2.11. The number of carbonyl (C=O) groups is 1. The second kappa shape index (κ2) is 6.88. The molecule has 0 saturated heterocycles. The number of oxime groups is 1. The second-order valence-corrected chi connectivity index (χ2v) is 4.49. The number of rotatable bonds is 3. The van der Waals surface area contributed by atoms with Gasteiger partial charge in [-0.1, -0.05) is 28.4 Å². The number of aromatic nitrogens is 1. The summed E-state index contributed by atoms with van der Waals surface area (Å²) in [6.45, 7) is 0. The maximum atomic E-state index is 11.5. The number of amides is 1. The van der Waals surface area contributed by atoms with Crippen molar-refractivity contribution in [3.8, 4) is 0 Å². The van der Waals surface area contributed by atoms with Crippen molar-refractivity contribution >= 4 is 41.2 Å². The lowest BCUT2D eigenvalue weighted by atomic mass is 10.3. The summed E-state index contributed by atoms with van der Waals surface area (Å²) in [7, 11) is 0. The summed E-state index contributed by atoms with van der Waals surface area (Å²) < 4.78 is 0. The maximum absolute atomic E-state index is 11.5. The van der Waals surface area contributed by atoms with E-state index in [9.17, 15) is 4.79 Å². The number of benzene rings is 1. The molecule has 0 aliphatic heterocycles. The SMILES string of the molecule is O=C(Nc1cc(Cl)ccc1Cl)O/N=C/c1ccncc1. The molecule has 102 valence electrons. The minimum atomic E-state index is -0.764. The Kier molecular flexibility index (Phi) is 4.92. The van der Waals surface area contributed by atoms with E-state index in [1.165, 1.54) is 12.3 Å². The zero-order chi connectivity index (χ0) is 14.4. The molecule has 1 aromatic carbocycles. The van der Waals surface area contributed by atoms with E-state index in [1.54, 1.807) is 36.7 Å². The van der Waals surface area contributed by atoms with Crippen LogP contribution in [0.5, 0.6) is 0 Å². The molecule has 0 aliphatic carbocycles. The average molecular weight is 310 g/mol. The van der Waals surface area contributed by atoms with Crippen molar-refractivity contribution in [2.75, 3.05) is 5.32 Å². The largest absolute Gasteiger partial charge is 0.437 e. The van der Waals surface area contributed by atoms with Crippen molar-refractivity contribution < 1.29 is 9.63 Å². The summed E-state index contributed by atoms with van der Waals surface area (Å²) in [5.41, 5.74) is 1.11. The number of pyridine rings is 1. The summed E-state index contributed by atoms with van der Waals surface area (Å²) in [5, 5.41) is 6.78. The van der Waals surface area contributed by atoms with Crippen LogP contribution in [0.2, 0.25) is 10.0 Å². The van der Waals surface area contributed by atoms with E-state index < -0.39 is 6.09 Å². The zero-order valence-corrected chi connectivity index (χ0v) is 11.6. The molecule has 20 heavy (non-hydrogen) atoms. The zero-order valence-electron chi connectivity index (χ0n) is 10.1. The average Bonchev–Trinajstić information content (AvgIpc) is 2.44. The molecule has 0 spiro atoms. The molecule has 2 aromatic rings. The molecule has 0 aliphatic rings. The third kappa shape index (κ3) is 4.22. The number of nitrogens with zero attached hydrogens (tertiary/aromatic N) is 2. The minimum Gasteiger partial charge on any atom is -0.298 e. The molecule has 2 rings (SSSR count). The third-order valence-electron chi connectivity index (χ3n) is 2.21. The van der Waals surface area contributed by atoms with Gasteiger partial charge in [0.05, 0.1) is 16.9 Å². The van der Waals surface area contributed by atoms with Gasteiger partial charge in [0, 0.05) is 17.4 Å². The second-order valence-electron chi connectivity index (χ2n) is 3.64. The fraction of sp³-hybridized carbons (Fsp3) is 0. The van der Waals surface area contributed by atoms with Gasteiger partial charge in [0.2, 0.25) is 0 Å². The fourth-order valence-corrected chi connectivity index (χ4v) is 1.65. The van der Waals surface area contributed by atoms with Crippen LogP contribution >= 0.6 is 23.2 Å². The first-order valence-electron chi connectivity index (χ1n) is 5.51. The summed E-state index contributed by atoms with van der Waals surface area (Å²) in [5.74, 6) is 0. The van der Waals surface area contributed by atoms with E-state index in [1.807, 2.05) is 0 Å². The topological polar surface area (TPSA) is 63.6 Å². The Labute approximate surface area is 125 Å². The van der Waals surface area contributed by atoms with E-state index in [0.29, 0.717) is 15.7 Å². The van der Waals surface area contributed by atoms with Crippen LogP contribution in [0, 0.1) is 0 Å². The highest BCUT2D eigenvalue weighted by atomic mass is 35.5. The molecule has 0 saturated carbocycles. The van der Waals surface area contributed by atoms with Crippen molar-refractivity contribution in [1.29, 1.82) is 0 Å². The van der Waals surface area contributed by atoms with Gasteiger partial charge in [-0.3, -0.25) is 15.1 Å². The Bertz CT molecular complexity index is 633. The Balaban J connectivity index is 1.93. The molecule has 0 fully saturated rings. The molecule has 1 N–H and O–H groups in total. The van der Waals surface area contributed by atoms with Gasteiger partial charge in [-0.2, -0.15) is 0 Å². The van der Waals surface area contributed by atoms with Crippen molar-refractivity contribution in [1.82, 2.24) is 4.98 Å². The van der Waals surface area contributed by atoms with Crippen molar-refractivity contribution in [2.24, 2.45) is 5.16 Å². The van der Waals surface area contributed by atoms with E-state index >= 15 is 0 Å². The predicted octanol–water partition coefficient (Wildman–Crippen LogP) is 3.97. The standard InChI is InChI=1S/C13H9Cl2N3O2/c14-10-1-2-11(15)12(7-10)18-13(19)20-17-8-9-3-5-16-6-4-9/h1-8H,(H,18,19)/b17-8+. The van der Waals surface area contributed by atoms with Crippen LogP contribution in [0.25, 0.3) is 0 Å². The summed E-state index contributed by atoms with van der Waals surface area (Å²) >= 11 is 11.7. The van der Waals surface area contributed by atoms with Gasteiger partial charge in [0.15, 0.2) is 0 Å². The molecule has 0 radical (unpaired) electrons. The minimum absolute atomic E-state index is 0.350. The third-order valence-corrected chi connectivity index (χ3v) is 2.77. The van der Waals surface area contributed by atoms with E-state index in [2.05, 4.69) is 20.3 Å². The lowest BCUT2D eigenvalue weighted by Gasteiger charge is -2.05. The highest BCUT2D eigenvalue weighted by Gasteiger charge is 2.07. The summed E-state index contributed by atoms with van der Waals surface area (Å²) in [6, 6.07) is 8.14. The smallest absolute Gasteiger partial charge is 0.298 e. The molecule has 1 aromatic heterocycles. The highest BCUT2D eigenvalue weighted by molar-refractivity contribution is 6.35. The van der Waals surface area contributed by atoms with E-state index in [0.717, 1.165) is 5.56 Å². The van der Waals surface area contributed by atoms with Crippen molar-refractivity contribution in [3.05, 3.63) is 58.3 Å². The molecule has 5 nitrogen and oxygen atoms in total. The molecule has 1 amide bonds. The number of halogens is 2. The Morgan fingerprint density at radius 3 is 2.75 bits per heavy atom. The lowest BCUT2D eigenvalue weighted by Crippen LogP contribution is -2.11. The first-order chi connectivity index (χ1) is 9.65. The number of carbonyl (C=O) groups excluding carboxylic acids is 1. The van der Waals surface area contributed by atoms with Gasteiger partial charge in [0.25, 0.3) is 0 Å². The lowest BCUT2D eigenvalue weighted by molar-refractivity contribution is 0.167. The summed E-state index contributed by atoms with van der Waals surface area (Å²) in [4.78, 5) is 20.0. The first-order valence-corrected chi connectivity index (χ1v) is 6.27. The van der Waals surface area contributed by atoms with Crippen LogP contribution in [0.3, 0.4) is 0 Å². The molecule has 7 heteroatoms. The molecule has 0 unspecified atom stereocenters. The van der Waals surface area contributed by atoms with Crippen molar-refractivity contribution in [2.45, 2.75) is 0 Å². The van der Waals surface area contributed by atoms with Crippen LogP contribution in [-0.4, -0.2) is 17.3 Å². The van der Waals surface area contributed by atoms with Crippen molar-refractivity contribution in [3.63, 3.8) is 0 Å². The van der Waals surface area contributed by atoms with E-state index in [-0.39, 0.29) is 0 Å². The van der Waals surface area contributed by atoms with Gasteiger partial charge in [0.1, 0.15) is 0 Å². The van der Waals surface area contributed by atoms with Gasteiger partial charge in [-0.15, -0.1) is 0 Å². The maximum Gasteiger partial charge on any atom is 0.437 e. The first kappa shape index (κ1) is 14.3.